The molecule has 0 atom stereocenters. The highest BCUT2D eigenvalue weighted by Gasteiger charge is 2.16. The van der Waals surface area contributed by atoms with Crippen LogP contribution in [0.2, 0.25) is 0 Å². The maximum atomic E-state index is 11.9. The number of fused-ring (bicyclic) bond motifs is 1. The summed E-state index contributed by atoms with van der Waals surface area (Å²) in [5.41, 5.74) is 0.453. The molecule has 0 fully saturated rings. The van der Waals surface area contributed by atoms with Crippen molar-refractivity contribution in [1.82, 2.24) is 0 Å². The van der Waals surface area contributed by atoms with Crippen LogP contribution >= 0.6 is 0 Å². The molecule has 0 radical (unpaired) electrons. The molecule has 0 unspecified atom stereocenters. The molecule has 1 aliphatic rings. The van der Waals surface area contributed by atoms with Gasteiger partial charge in [0, 0.05) is 19.1 Å². The van der Waals surface area contributed by atoms with Gasteiger partial charge in [0.1, 0.15) is 6.61 Å². The van der Waals surface area contributed by atoms with E-state index in [9.17, 15) is 9.59 Å². The summed E-state index contributed by atoms with van der Waals surface area (Å²) in [6.07, 6.45) is 0.651. The first-order valence-electron chi connectivity index (χ1n) is 6.14. The normalized spacial score (nSPS) is 13.7. The van der Waals surface area contributed by atoms with Crippen molar-refractivity contribution in [3.8, 4) is 11.5 Å². The van der Waals surface area contributed by atoms with Crippen LogP contribution in [-0.2, 0) is 9.53 Å². The lowest BCUT2D eigenvalue weighted by Gasteiger charge is -2.08. The number of benzene rings is 1. The summed E-state index contributed by atoms with van der Waals surface area (Å²) in [6.45, 7) is 1.12. The molecule has 0 spiro atoms. The largest absolute Gasteiger partial charge is 0.490 e. The van der Waals surface area contributed by atoms with Crippen molar-refractivity contribution in [3.63, 3.8) is 0 Å². The zero-order chi connectivity index (χ0) is 13.7. The summed E-state index contributed by atoms with van der Waals surface area (Å²) in [7, 11) is 1.43. The van der Waals surface area contributed by atoms with Gasteiger partial charge in [0.05, 0.1) is 19.6 Å². The van der Waals surface area contributed by atoms with Gasteiger partial charge in [0.2, 0.25) is 0 Å². The number of methoxy groups -OCH3 is 1. The molecule has 0 amide bonds. The summed E-state index contributed by atoms with van der Waals surface area (Å²) < 4.78 is 15.7. The van der Waals surface area contributed by atoms with E-state index in [1.807, 2.05) is 0 Å². The van der Waals surface area contributed by atoms with E-state index in [1.54, 1.807) is 18.2 Å². The summed E-state index contributed by atoms with van der Waals surface area (Å²) >= 11 is 0. The molecular formula is C14H16O5. The smallest absolute Gasteiger partial charge is 0.170 e. The van der Waals surface area contributed by atoms with Gasteiger partial charge in [-0.15, -0.1) is 0 Å². The van der Waals surface area contributed by atoms with Gasteiger partial charge in [-0.2, -0.15) is 0 Å². The highest BCUT2D eigenvalue weighted by atomic mass is 16.5. The minimum atomic E-state index is -0.238. The van der Waals surface area contributed by atoms with E-state index in [4.69, 9.17) is 14.2 Å². The summed E-state index contributed by atoms with van der Waals surface area (Å²) in [5.74, 6) is 0.720. The van der Waals surface area contributed by atoms with E-state index in [1.165, 1.54) is 7.11 Å². The fraction of sp³-hybridized carbons (Fsp3) is 0.429. The highest BCUT2D eigenvalue weighted by molar-refractivity contribution is 6.08. The van der Waals surface area contributed by atoms with Gasteiger partial charge in [-0.3, -0.25) is 9.59 Å². The quantitative estimate of drug-likeness (QED) is 0.597. The summed E-state index contributed by atoms with van der Waals surface area (Å²) in [4.78, 5) is 23.3. The molecule has 0 aromatic heterocycles. The topological polar surface area (TPSA) is 61.8 Å². The molecule has 1 aromatic rings. The standard InChI is InChI=1S/C14H16O5/c1-17-9-11(15)8-12(16)10-3-4-13-14(7-10)19-6-2-5-18-13/h3-4,7H,2,5-6,8-9H2,1H3. The Morgan fingerprint density at radius 3 is 2.68 bits per heavy atom. The van der Waals surface area contributed by atoms with Gasteiger partial charge in [-0.1, -0.05) is 0 Å². The van der Waals surface area contributed by atoms with Crippen LogP contribution in [0.1, 0.15) is 23.2 Å². The van der Waals surface area contributed by atoms with E-state index in [-0.39, 0.29) is 24.6 Å². The van der Waals surface area contributed by atoms with Crippen LogP contribution in [0.5, 0.6) is 11.5 Å². The molecular weight excluding hydrogens is 248 g/mol. The Morgan fingerprint density at radius 1 is 1.21 bits per heavy atom. The molecule has 2 rings (SSSR count). The average molecular weight is 264 g/mol. The fourth-order valence-corrected chi connectivity index (χ4v) is 1.83. The van der Waals surface area contributed by atoms with Crippen molar-refractivity contribution in [1.29, 1.82) is 0 Å². The molecule has 5 heteroatoms. The van der Waals surface area contributed by atoms with Gasteiger partial charge in [-0.05, 0) is 18.2 Å². The van der Waals surface area contributed by atoms with Crippen LogP contribution in [0.4, 0.5) is 0 Å². The second-order valence-electron chi connectivity index (χ2n) is 4.28. The van der Waals surface area contributed by atoms with E-state index in [0.29, 0.717) is 30.3 Å². The van der Waals surface area contributed by atoms with Crippen LogP contribution in [0.15, 0.2) is 18.2 Å². The number of hydrogen-bond donors (Lipinski definition) is 0. The Kier molecular flexibility index (Phi) is 4.52. The molecule has 0 aliphatic carbocycles. The number of ether oxygens (including phenoxy) is 3. The number of Topliss-reactive ketones (excluding diaryl/α,β-unsaturated/α-hetero) is 2. The van der Waals surface area contributed by atoms with Crippen molar-refractivity contribution >= 4 is 11.6 Å². The van der Waals surface area contributed by atoms with Gasteiger partial charge in [0.15, 0.2) is 23.1 Å². The summed E-state index contributed by atoms with van der Waals surface area (Å²) in [5, 5.41) is 0. The maximum Gasteiger partial charge on any atom is 0.170 e. The van der Waals surface area contributed by atoms with Crippen molar-refractivity contribution < 1.29 is 23.8 Å². The number of ketones is 2. The second kappa shape index (κ2) is 6.33. The minimum Gasteiger partial charge on any atom is -0.490 e. The third kappa shape index (κ3) is 3.54. The Bertz CT molecular complexity index is 481. The molecule has 0 saturated carbocycles. The third-order valence-electron chi connectivity index (χ3n) is 2.73. The van der Waals surface area contributed by atoms with Gasteiger partial charge < -0.3 is 14.2 Å². The van der Waals surface area contributed by atoms with Crippen LogP contribution < -0.4 is 9.47 Å². The molecule has 0 bridgehead atoms. The van der Waals surface area contributed by atoms with E-state index in [0.717, 1.165) is 6.42 Å². The predicted octanol–water partition coefficient (Wildman–Crippen LogP) is 1.64. The molecule has 19 heavy (non-hydrogen) atoms. The zero-order valence-electron chi connectivity index (χ0n) is 10.8. The maximum absolute atomic E-state index is 11.9. The molecule has 1 aromatic carbocycles. The average Bonchev–Trinajstić information content (AvgIpc) is 2.63. The van der Waals surface area contributed by atoms with Gasteiger partial charge in [-0.25, -0.2) is 0 Å². The lowest BCUT2D eigenvalue weighted by molar-refractivity contribution is -0.121. The molecule has 5 nitrogen and oxygen atoms in total. The molecule has 0 N–H and O–H groups in total. The first-order chi connectivity index (χ1) is 9.20. The zero-order valence-corrected chi connectivity index (χ0v) is 10.8. The van der Waals surface area contributed by atoms with E-state index in [2.05, 4.69) is 0 Å². The Hall–Kier alpha value is -1.88. The molecule has 1 heterocycles. The fourth-order valence-electron chi connectivity index (χ4n) is 1.83. The monoisotopic (exact) mass is 264 g/mol. The molecule has 0 saturated heterocycles. The van der Waals surface area contributed by atoms with Crippen molar-refractivity contribution in [2.24, 2.45) is 0 Å². The second-order valence-corrected chi connectivity index (χ2v) is 4.28. The first kappa shape index (κ1) is 13.5. The predicted molar refractivity (Wildman–Crippen MR) is 67.9 cm³/mol. The highest BCUT2D eigenvalue weighted by Crippen LogP contribution is 2.30. The number of hydrogen-bond acceptors (Lipinski definition) is 5. The van der Waals surface area contributed by atoms with Crippen LogP contribution in [0.3, 0.4) is 0 Å². The lowest BCUT2D eigenvalue weighted by atomic mass is 10.1. The Balaban J connectivity index is 2.10. The molecule has 102 valence electrons. The van der Waals surface area contributed by atoms with Crippen LogP contribution in [-0.4, -0.2) is 38.5 Å². The molecule has 1 aliphatic heterocycles. The van der Waals surface area contributed by atoms with Crippen molar-refractivity contribution in [2.75, 3.05) is 26.9 Å². The third-order valence-corrected chi connectivity index (χ3v) is 2.73. The van der Waals surface area contributed by atoms with E-state index < -0.39 is 0 Å². The van der Waals surface area contributed by atoms with Gasteiger partial charge in [0.25, 0.3) is 0 Å². The minimum absolute atomic E-state index is 0.0453. The Morgan fingerprint density at radius 2 is 1.95 bits per heavy atom. The Labute approximate surface area is 111 Å². The SMILES string of the molecule is COCC(=O)CC(=O)c1ccc2c(c1)OCCCO2. The van der Waals surface area contributed by atoms with Crippen LogP contribution in [0.25, 0.3) is 0 Å². The summed E-state index contributed by atoms with van der Waals surface area (Å²) in [6, 6.07) is 4.98. The first-order valence-corrected chi connectivity index (χ1v) is 6.14. The number of carbonyl (C=O) groups is 2. The number of rotatable bonds is 5. The number of carbonyl (C=O) groups excluding carboxylic acids is 2. The van der Waals surface area contributed by atoms with Gasteiger partial charge >= 0.3 is 0 Å². The van der Waals surface area contributed by atoms with E-state index >= 15 is 0 Å². The van der Waals surface area contributed by atoms with Crippen molar-refractivity contribution in [3.05, 3.63) is 23.8 Å². The van der Waals surface area contributed by atoms with Crippen LogP contribution in [0, 0.1) is 0 Å². The lowest BCUT2D eigenvalue weighted by Crippen LogP contribution is -2.13. The van der Waals surface area contributed by atoms with Crippen molar-refractivity contribution in [2.45, 2.75) is 12.8 Å².